The number of hydrogen-bond donors (Lipinski definition) is 4. The zero-order valence-corrected chi connectivity index (χ0v) is 37.6. The zero-order valence-electron chi connectivity index (χ0n) is 37.6. The highest BCUT2D eigenvalue weighted by Crippen LogP contribution is 2.36. The number of benzene rings is 2. The Bertz CT molecular complexity index is 2540. The fourth-order valence-electron chi connectivity index (χ4n) is 10.8. The van der Waals surface area contributed by atoms with Crippen LogP contribution in [0, 0.1) is 11.8 Å². The van der Waals surface area contributed by atoms with E-state index in [1.165, 1.54) is 90.1 Å². The van der Waals surface area contributed by atoms with Gasteiger partial charge in [-0.1, -0.05) is 36.4 Å². The number of aryl methyl sites for hydroxylation is 2. The Hall–Kier alpha value is -5.94. The lowest BCUT2D eigenvalue weighted by molar-refractivity contribution is 0.0701. The first-order valence-electron chi connectivity index (χ1n) is 23.3. The third-order valence-electron chi connectivity index (χ3n) is 14.3. The second kappa shape index (κ2) is 20.1. The van der Waals surface area contributed by atoms with Crippen molar-refractivity contribution < 1.29 is 20.0 Å². The van der Waals surface area contributed by atoms with Gasteiger partial charge < -0.3 is 28.7 Å². The molecule has 2 amide bonds. The topological polar surface area (TPSA) is 173 Å². The molecule has 342 valence electrons. The van der Waals surface area contributed by atoms with E-state index in [2.05, 4.69) is 124 Å². The fraction of sp³-hybridized carbons (Fsp3) is 0.469. The molecule has 2 atom stereocenters. The number of hydrogen-bond acceptors (Lipinski definition) is 12. The second-order valence-corrected chi connectivity index (χ2v) is 18.6. The van der Waals surface area contributed by atoms with Crippen LogP contribution in [0.25, 0.3) is 21.8 Å². The van der Waals surface area contributed by atoms with Gasteiger partial charge in [0, 0.05) is 125 Å². The molecule has 4 fully saturated rings. The number of likely N-dealkylation sites (tertiary alicyclic amines) is 2. The second-order valence-electron chi connectivity index (χ2n) is 18.6. The molecule has 2 aromatic carbocycles. The van der Waals surface area contributed by atoms with Gasteiger partial charge in [0.2, 0.25) is 11.9 Å². The van der Waals surface area contributed by atoms with Gasteiger partial charge in [0.25, 0.3) is 11.8 Å². The Morgan fingerprint density at radius 2 is 0.985 bits per heavy atom. The number of rotatable bonds is 10. The van der Waals surface area contributed by atoms with Crippen LogP contribution in [0.5, 0.6) is 0 Å². The number of carbonyl (C=O) groups excluding carboxylic acids is 2. The van der Waals surface area contributed by atoms with Gasteiger partial charge in [-0.15, -0.1) is 0 Å². The number of aromatic nitrogens is 6. The Morgan fingerprint density at radius 1 is 0.569 bits per heavy atom. The van der Waals surface area contributed by atoms with E-state index >= 15 is 0 Å². The average Bonchev–Trinajstić information content (AvgIpc) is 4.07. The summed E-state index contributed by atoms with van der Waals surface area (Å²) >= 11 is 0. The highest BCUT2D eigenvalue weighted by Gasteiger charge is 2.31. The Balaban J connectivity index is 0.000000164. The molecule has 4 saturated heterocycles. The maximum absolute atomic E-state index is 11.5. The predicted octanol–water partition coefficient (Wildman–Crippen LogP) is 5.98. The lowest BCUT2D eigenvalue weighted by atomic mass is 9.89. The molecule has 0 aliphatic carbocycles. The molecule has 6 aromatic rings. The summed E-state index contributed by atoms with van der Waals surface area (Å²) in [6.07, 6.45) is 18.7. The molecule has 10 rings (SSSR count). The molecule has 0 spiro atoms. The smallest absolute Gasteiger partial charge is 0.277 e. The lowest BCUT2D eigenvalue weighted by Gasteiger charge is -2.38. The lowest BCUT2D eigenvalue weighted by Crippen LogP contribution is -2.42. The first-order chi connectivity index (χ1) is 31.7. The van der Waals surface area contributed by atoms with Crippen molar-refractivity contribution in [1.82, 2.24) is 49.8 Å². The molecule has 4 aliphatic rings. The number of nitrogens with zero attached hydrogens (tertiary/aromatic N) is 10. The van der Waals surface area contributed by atoms with Gasteiger partial charge in [-0.05, 0) is 105 Å². The van der Waals surface area contributed by atoms with E-state index < -0.39 is 11.8 Å². The predicted molar refractivity (Wildman–Crippen MR) is 250 cm³/mol. The number of amides is 2. The summed E-state index contributed by atoms with van der Waals surface area (Å²) in [6, 6.07) is 17.5. The maximum Gasteiger partial charge on any atom is 0.277 e. The molecule has 0 radical (unpaired) electrons. The van der Waals surface area contributed by atoms with Crippen molar-refractivity contribution >= 4 is 45.5 Å². The molecule has 0 bridgehead atoms. The van der Waals surface area contributed by atoms with Crippen molar-refractivity contribution in [3.05, 3.63) is 108 Å². The Morgan fingerprint density at radius 3 is 1.43 bits per heavy atom. The number of piperidine rings is 3. The standard InChI is InChI=1S/C25H32N6O2.C24H30N6O2/c1-29-17-22(21-6-2-3-7-23(21)29)19-5-4-10-30(16-19)15-18-8-11-31(12-9-18)25-26-13-20(14-27-25)24(32)28-33;1-28-16-21(20-4-2-3-5-22(20)28)18-8-9-29(15-18)14-17-6-10-30(11-7-17)24-25-12-19(13-26-24)23(31)27-32/h2-3,6-7,13-14,17-19,33H,4-5,8-12,15-16H2,1H3,(H,28,32);2-5,12-13,16-18,32H,6-11,14-15H2,1H3,(H,27,31). The fourth-order valence-corrected chi connectivity index (χ4v) is 10.8. The van der Waals surface area contributed by atoms with Crippen LogP contribution >= 0.6 is 0 Å². The SMILES string of the molecule is Cn1cc(C2CCCN(CC3CCN(c4ncc(C(=O)NO)cn4)CC3)C2)c2ccccc21.Cn1cc(C2CCN(CC3CCN(c4ncc(C(=O)NO)cn4)CC3)C2)c2ccccc21. The van der Waals surface area contributed by atoms with Crippen LogP contribution in [-0.4, -0.2) is 127 Å². The summed E-state index contributed by atoms with van der Waals surface area (Å²) in [4.78, 5) is 49.8. The van der Waals surface area contributed by atoms with E-state index in [4.69, 9.17) is 10.4 Å². The molecule has 4 aromatic heterocycles. The van der Waals surface area contributed by atoms with Crippen LogP contribution in [0.4, 0.5) is 11.9 Å². The molecular weight excluding hydrogens is 821 g/mol. The van der Waals surface area contributed by atoms with E-state index in [-0.39, 0.29) is 11.1 Å². The van der Waals surface area contributed by atoms with Crippen molar-refractivity contribution in [3.8, 4) is 0 Å². The van der Waals surface area contributed by atoms with Gasteiger partial charge in [-0.25, -0.2) is 30.9 Å². The number of fused-ring (bicyclic) bond motifs is 2. The van der Waals surface area contributed by atoms with Crippen LogP contribution in [0.15, 0.2) is 85.7 Å². The van der Waals surface area contributed by atoms with E-state index in [1.807, 2.05) is 0 Å². The normalized spacial score (nSPS) is 20.2. The van der Waals surface area contributed by atoms with Gasteiger partial charge in [-0.2, -0.15) is 0 Å². The minimum Gasteiger partial charge on any atom is -0.350 e. The molecule has 16 nitrogen and oxygen atoms in total. The van der Waals surface area contributed by atoms with E-state index in [9.17, 15) is 9.59 Å². The highest BCUT2D eigenvalue weighted by atomic mass is 16.5. The monoisotopic (exact) mass is 883 g/mol. The highest BCUT2D eigenvalue weighted by molar-refractivity contribution is 5.93. The van der Waals surface area contributed by atoms with Crippen LogP contribution < -0.4 is 20.8 Å². The molecule has 4 N–H and O–H groups in total. The van der Waals surface area contributed by atoms with Gasteiger partial charge >= 0.3 is 0 Å². The van der Waals surface area contributed by atoms with Crippen LogP contribution in [-0.2, 0) is 14.1 Å². The molecule has 16 heteroatoms. The quantitative estimate of drug-likeness (QED) is 0.0939. The number of anilines is 2. The summed E-state index contributed by atoms with van der Waals surface area (Å²) in [7, 11) is 4.30. The van der Waals surface area contributed by atoms with Crippen LogP contribution in [0.1, 0.15) is 88.6 Å². The molecule has 8 heterocycles. The van der Waals surface area contributed by atoms with Crippen LogP contribution in [0.2, 0.25) is 0 Å². The molecule has 0 saturated carbocycles. The molecule has 4 aliphatic heterocycles. The Kier molecular flexibility index (Phi) is 13.7. The largest absolute Gasteiger partial charge is 0.350 e. The number of nitrogens with one attached hydrogen (secondary N) is 2. The van der Waals surface area contributed by atoms with E-state index in [0.29, 0.717) is 35.6 Å². The van der Waals surface area contributed by atoms with Crippen molar-refractivity contribution in [2.24, 2.45) is 25.9 Å². The first kappa shape index (κ1) is 44.3. The van der Waals surface area contributed by atoms with Crippen molar-refractivity contribution in [3.63, 3.8) is 0 Å². The van der Waals surface area contributed by atoms with Gasteiger partial charge in [-0.3, -0.25) is 20.0 Å². The zero-order chi connectivity index (χ0) is 44.9. The van der Waals surface area contributed by atoms with Crippen molar-refractivity contribution in [1.29, 1.82) is 0 Å². The number of para-hydroxylation sites is 2. The van der Waals surface area contributed by atoms with Gasteiger partial charge in [0.05, 0.1) is 11.1 Å². The molecular formula is C49H62N12O4. The van der Waals surface area contributed by atoms with Gasteiger partial charge in [0.1, 0.15) is 0 Å². The van der Waals surface area contributed by atoms with E-state index in [0.717, 1.165) is 78.0 Å². The van der Waals surface area contributed by atoms with Gasteiger partial charge in [0.15, 0.2) is 0 Å². The maximum atomic E-state index is 11.5. The van der Waals surface area contributed by atoms with Crippen LogP contribution in [0.3, 0.4) is 0 Å². The summed E-state index contributed by atoms with van der Waals surface area (Å²) in [5.74, 6) is 2.71. The third kappa shape index (κ3) is 10.0. The van der Waals surface area contributed by atoms with Crippen molar-refractivity contribution in [2.45, 2.75) is 56.8 Å². The summed E-state index contributed by atoms with van der Waals surface area (Å²) < 4.78 is 4.53. The van der Waals surface area contributed by atoms with E-state index in [1.54, 1.807) is 11.0 Å². The third-order valence-corrected chi connectivity index (χ3v) is 14.3. The molecule has 2 unspecified atom stereocenters. The summed E-state index contributed by atoms with van der Waals surface area (Å²) in [5.41, 5.74) is 9.36. The summed E-state index contributed by atoms with van der Waals surface area (Å²) in [5, 5.41) is 20.2. The van der Waals surface area contributed by atoms with Crippen molar-refractivity contribution in [2.75, 3.05) is 75.2 Å². The number of carbonyl (C=O) groups is 2. The number of hydroxylamine groups is 2. The minimum atomic E-state index is -0.595. The first-order valence-corrected chi connectivity index (χ1v) is 23.3. The Labute approximate surface area is 380 Å². The minimum absolute atomic E-state index is 0.251. The molecule has 65 heavy (non-hydrogen) atoms. The summed E-state index contributed by atoms with van der Waals surface area (Å²) in [6.45, 7) is 10.7. The average molecular weight is 883 g/mol.